The summed E-state index contributed by atoms with van der Waals surface area (Å²) >= 11 is 0. The average Bonchev–Trinajstić information content (AvgIpc) is 3.04. The van der Waals surface area contributed by atoms with Crippen molar-refractivity contribution in [2.24, 2.45) is 7.05 Å². The van der Waals surface area contributed by atoms with Gasteiger partial charge in [-0.2, -0.15) is 10.2 Å². The highest BCUT2D eigenvalue weighted by Crippen LogP contribution is 2.27. The van der Waals surface area contributed by atoms with Gasteiger partial charge in [0.25, 0.3) is 5.56 Å². The highest BCUT2D eigenvalue weighted by molar-refractivity contribution is 5.90. The summed E-state index contributed by atoms with van der Waals surface area (Å²) in [6, 6.07) is 1.46. The minimum absolute atomic E-state index is 0.119. The molecule has 3 rings (SSSR count). The van der Waals surface area contributed by atoms with E-state index >= 15 is 0 Å². The van der Waals surface area contributed by atoms with E-state index in [2.05, 4.69) is 15.5 Å². The molecule has 0 bridgehead atoms. The van der Waals surface area contributed by atoms with Crippen LogP contribution in [0.3, 0.4) is 0 Å². The van der Waals surface area contributed by atoms with Gasteiger partial charge in [-0.15, -0.1) is 0 Å². The lowest BCUT2D eigenvalue weighted by Gasteiger charge is -2.12. The monoisotopic (exact) mass is 316 g/mol. The Morgan fingerprint density at radius 1 is 1.39 bits per heavy atom. The van der Waals surface area contributed by atoms with Gasteiger partial charge in [0, 0.05) is 32.8 Å². The molecule has 2 heterocycles. The van der Waals surface area contributed by atoms with Gasteiger partial charge in [0.05, 0.1) is 17.6 Å². The molecule has 0 spiro atoms. The Labute approximate surface area is 133 Å². The summed E-state index contributed by atoms with van der Waals surface area (Å²) in [6.07, 6.45) is 4.51. The second-order valence-corrected chi connectivity index (χ2v) is 5.90. The predicted molar refractivity (Wildman–Crippen MR) is 86.7 cm³/mol. The van der Waals surface area contributed by atoms with Gasteiger partial charge in [0.15, 0.2) is 0 Å². The second-order valence-electron chi connectivity index (χ2n) is 5.90. The van der Waals surface area contributed by atoms with Gasteiger partial charge < -0.3 is 10.2 Å². The molecule has 0 saturated carbocycles. The van der Waals surface area contributed by atoms with Crippen molar-refractivity contribution in [1.29, 1.82) is 0 Å². The molecule has 0 fully saturated rings. The van der Waals surface area contributed by atoms with Crippen LogP contribution >= 0.6 is 0 Å². The lowest BCUT2D eigenvalue weighted by Crippen LogP contribution is -2.30. The third-order valence-electron chi connectivity index (χ3n) is 3.99. The molecule has 0 radical (unpaired) electrons. The molecule has 122 valence electrons. The average molecular weight is 316 g/mol. The van der Waals surface area contributed by atoms with Crippen LogP contribution in [0.1, 0.15) is 17.7 Å². The molecular weight excluding hydrogens is 296 g/mol. The predicted octanol–water partition coefficient (Wildman–Crippen LogP) is 0.170. The molecule has 8 heteroatoms. The van der Waals surface area contributed by atoms with E-state index in [-0.39, 0.29) is 18.0 Å². The summed E-state index contributed by atoms with van der Waals surface area (Å²) < 4.78 is 2.84. The van der Waals surface area contributed by atoms with Gasteiger partial charge in [-0.3, -0.25) is 14.3 Å². The van der Waals surface area contributed by atoms with E-state index in [1.807, 2.05) is 21.1 Å². The van der Waals surface area contributed by atoms with Gasteiger partial charge in [-0.25, -0.2) is 4.68 Å². The van der Waals surface area contributed by atoms with Crippen LogP contribution in [0.5, 0.6) is 0 Å². The van der Waals surface area contributed by atoms with Crippen LogP contribution in [0.2, 0.25) is 0 Å². The van der Waals surface area contributed by atoms with Crippen molar-refractivity contribution >= 4 is 17.4 Å². The molecule has 2 aromatic rings. The molecule has 0 aliphatic heterocycles. The van der Waals surface area contributed by atoms with Gasteiger partial charge in [0.1, 0.15) is 12.4 Å². The third kappa shape index (κ3) is 2.96. The van der Waals surface area contributed by atoms with E-state index in [4.69, 9.17) is 0 Å². The maximum atomic E-state index is 12.2. The first-order chi connectivity index (χ1) is 11.0. The minimum Gasteiger partial charge on any atom is -0.376 e. The zero-order valence-corrected chi connectivity index (χ0v) is 13.5. The van der Waals surface area contributed by atoms with Crippen molar-refractivity contribution in [3.63, 3.8) is 0 Å². The van der Waals surface area contributed by atoms with E-state index in [9.17, 15) is 9.59 Å². The summed E-state index contributed by atoms with van der Waals surface area (Å²) in [4.78, 5) is 26.0. The van der Waals surface area contributed by atoms with Crippen LogP contribution in [-0.2, 0) is 31.2 Å². The number of nitrogens with one attached hydrogen (secondary N) is 1. The fraction of sp³-hybridized carbons (Fsp3) is 0.467. The zero-order valence-electron chi connectivity index (χ0n) is 13.5. The van der Waals surface area contributed by atoms with Gasteiger partial charge >= 0.3 is 0 Å². The van der Waals surface area contributed by atoms with Crippen LogP contribution in [0.4, 0.5) is 11.5 Å². The van der Waals surface area contributed by atoms with Crippen molar-refractivity contribution in [2.45, 2.75) is 25.8 Å². The number of hydrogen-bond donors (Lipinski definition) is 1. The van der Waals surface area contributed by atoms with E-state index in [1.165, 1.54) is 6.07 Å². The number of amides is 1. The first-order valence-corrected chi connectivity index (χ1v) is 7.55. The SMILES string of the molecule is CN(C)c1cnn(CC(=O)Nc2c3c(nn2C)CCC3)c(=O)c1. The van der Waals surface area contributed by atoms with Crippen molar-refractivity contribution < 1.29 is 4.79 Å². The summed E-state index contributed by atoms with van der Waals surface area (Å²) in [5.41, 5.74) is 2.55. The molecular formula is C15H20N6O2. The Morgan fingerprint density at radius 3 is 2.87 bits per heavy atom. The molecule has 1 aliphatic rings. The molecule has 0 atom stereocenters. The number of aryl methyl sites for hydroxylation is 2. The molecule has 0 saturated heterocycles. The van der Waals surface area contributed by atoms with Crippen molar-refractivity contribution in [3.05, 3.63) is 33.9 Å². The molecule has 1 amide bonds. The van der Waals surface area contributed by atoms with Crippen molar-refractivity contribution in [3.8, 4) is 0 Å². The summed E-state index contributed by atoms with van der Waals surface area (Å²) in [7, 11) is 5.47. The van der Waals surface area contributed by atoms with Crippen LogP contribution in [0.15, 0.2) is 17.1 Å². The Balaban J connectivity index is 1.74. The topological polar surface area (TPSA) is 85.1 Å². The zero-order chi connectivity index (χ0) is 16.6. The van der Waals surface area contributed by atoms with Crippen LogP contribution in [0, 0.1) is 0 Å². The van der Waals surface area contributed by atoms with Gasteiger partial charge in [-0.1, -0.05) is 0 Å². The third-order valence-corrected chi connectivity index (χ3v) is 3.99. The number of hydrogen-bond acceptors (Lipinski definition) is 5. The molecule has 0 unspecified atom stereocenters. The Hall–Kier alpha value is -2.64. The number of rotatable bonds is 4. The maximum Gasteiger partial charge on any atom is 0.269 e. The van der Waals surface area contributed by atoms with E-state index in [0.29, 0.717) is 5.69 Å². The normalized spacial score (nSPS) is 13.0. The van der Waals surface area contributed by atoms with E-state index in [1.54, 1.807) is 15.8 Å². The van der Waals surface area contributed by atoms with Crippen LogP contribution in [-0.4, -0.2) is 39.6 Å². The van der Waals surface area contributed by atoms with Gasteiger partial charge in [0.2, 0.25) is 5.91 Å². The Kier molecular flexibility index (Phi) is 3.89. The number of anilines is 2. The van der Waals surface area contributed by atoms with Crippen LogP contribution in [0.25, 0.3) is 0 Å². The number of fused-ring (bicyclic) bond motifs is 1. The smallest absolute Gasteiger partial charge is 0.269 e. The quantitative estimate of drug-likeness (QED) is 0.869. The Bertz CT molecular complexity index is 805. The first kappa shape index (κ1) is 15.3. The minimum atomic E-state index is -0.304. The fourth-order valence-corrected chi connectivity index (χ4v) is 2.77. The molecule has 2 aromatic heterocycles. The van der Waals surface area contributed by atoms with Crippen LogP contribution < -0.4 is 15.8 Å². The largest absolute Gasteiger partial charge is 0.376 e. The summed E-state index contributed by atoms with van der Waals surface area (Å²) in [5, 5.41) is 11.3. The maximum absolute atomic E-state index is 12.2. The highest BCUT2D eigenvalue weighted by Gasteiger charge is 2.22. The molecule has 0 aromatic carbocycles. The lowest BCUT2D eigenvalue weighted by molar-refractivity contribution is -0.117. The lowest BCUT2D eigenvalue weighted by atomic mass is 10.2. The van der Waals surface area contributed by atoms with E-state index < -0.39 is 0 Å². The summed E-state index contributed by atoms with van der Waals surface area (Å²) in [6.45, 7) is -0.119. The highest BCUT2D eigenvalue weighted by atomic mass is 16.2. The first-order valence-electron chi connectivity index (χ1n) is 7.55. The molecule has 8 nitrogen and oxygen atoms in total. The molecule has 23 heavy (non-hydrogen) atoms. The van der Waals surface area contributed by atoms with Crippen molar-refractivity contribution in [1.82, 2.24) is 19.6 Å². The number of carbonyl (C=O) groups excluding carboxylic acids is 1. The Morgan fingerprint density at radius 2 is 2.17 bits per heavy atom. The van der Waals surface area contributed by atoms with Gasteiger partial charge in [-0.05, 0) is 19.3 Å². The fourth-order valence-electron chi connectivity index (χ4n) is 2.77. The molecule has 1 aliphatic carbocycles. The second kappa shape index (κ2) is 5.86. The van der Waals surface area contributed by atoms with Crippen molar-refractivity contribution in [2.75, 3.05) is 24.3 Å². The summed E-state index contributed by atoms with van der Waals surface area (Å²) in [5.74, 6) is 0.440. The number of aromatic nitrogens is 4. The standard InChI is InChI=1S/C15H20N6O2/c1-19(2)10-7-14(23)21(16-8-10)9-13(22)17-15-11-5-4-6-12(11)18-20(15)3/h7-8H,4-6,9H2,1-3H3,(H,17,22). The number of nitrogens with zero attached hydrogens (tertiary/aromatic N) is 5. The molecule has 1 N–H and O–H groups in total. The van der Waals surface area contributed by atoms with E-state index in [0.717, 1.165) is 41.0 Å². The number of carbonyl (C=O) groups is 1.